The molecule has 0 nitrogen and oxygen atoms in total. The van der Waals surface area contributed by atoms with Gasteiger partial charge in [-0.1, -0.05) is 92.6 Å². The molecule has 0 bridgehead atoms. The van der Waals surface area contributed by atoms with E-state index in [0.29, 0.717) is 5.92 Å². The molecule has 0 aliphatic heterocycles. The second-order valence-corrected chi connectivity index (χ2v) is 11.3. The molecule has 0 radical (unpaired) electrons. The van der Waals surface area contributed by atoms with Crippen LogP contribution in [0.5, 0.6) is 0 Å². The van der Waals surface area contributed by atoms with Gasteiger partial charge in [0, 0.05) is 21.1 Å². The van der Waals surface area contributed by atoms with Crippen molar-refractivity contribution in [3.63, 3.8) is 0 Å². The minimum absolute atomic E-state index is 0. The molecule has 0 N–H and O–H groups in total. The summed E-state index contributed by atoms with van der Waals surface area (Å²) < 4.78 is 0. The van der Waals surface area contributed by atoms with Crippen LogP contribution >= 0.6 is 7.26 Å². The van der Waals surface area contributed by atoms with Gasteiger partial charge in [-0.05, 0) is 48.5 Å². The Balaban J connectivity index is 0. The molecule has 4 aromatic carbocycles. The summed E-state index contributed by atoms with van der Waals surface area (Å²) >= 11 is 4.68. The molecular weight excluding hydrogens is 679 g/mol. The van der Waals surface area contributed by atoms with Crippen LogP contribution in [0, 0.1) is 5.92 Å². The Morgan fingerprint density at radius 2 is 0.676 bits per heavy atom. The Morgan fingerprint density at radius 3 is 0.824 bits per heavy atom. The molecule has 0 fully saturated rings. The number of hydrogen-bond donors (Lipinski definition) is 0. The van der Waals surface area contributed by atoms with Crippen molar-refractivity contribution in [3.05, 3.63) is 121 Å². The quantitative estimate of drug-likeness (QED) is 0.196. The van der Waals surface area contributed by atoms with Crippen LogP contribution in [-0.2, 0) is 74.2 Å². The largest absolute Gasteiger partial charge is 2.00 e. The van der Waals surface area contributed by atoms with Crippen molar-refractivity contribution in [2.24, 2.45) is 5.92 Å². The van der Waals surface area contributed by atoms with Crippen molar-refractivity contribution < 1.29 is 21.1 Å². The Labute approximate surface area is 247 Å². The minimum Gasteiger partial charge on any atom is -2.00 e. The molecule has 0 aromatic heterocycles. The van der Waals surface area contributed by atoms with Crippen molar-refractivity contribution >= 4 is 81.6 Å². The molecule has 34 heavy (non-hydrogen) atoms. The molecule has 0 spiro atoms. The summed E-state index contributed by atoms with van der Waals surface area (Å²) in [4.78, 5) is 0. The zero-order valence-corrected chi connectivity index (χ0v) is 26.4. The molecule has 0 atom stereocenters. The zero-order valence-electron chi connectivity index (χ0n) is 19.3. The van der Waals surface area contributed by atoms with Gasteiger partial charge in [0.1, 0.15) is 28.5 Å². The fourth-order valence-corrected chi connectivity index (χ4v) is 7.77. The summed E-state index contributed by atoms with van der Waals surface area (Å²) in [5, 5.41) is 5.55. The maximum atomic E-state index is 4.68. The maximum Gasteiger partial charge on any atom is 0.144 e. The Morgan fingerprint density at radius 1 is 0.500 bits per heavy atom. The van der Waals surface area contributed by atoms with Crippen LogP contribution in [0.25, 0.3) is 0 Å². The molecule has 0 heterocycles. The molecular formula is C28H29PS4W-6. The van der Waals surface area contributed by atoms with Gasteiger partial charge >= 0.3 is 0 Å². The van der Waals surface area contributed by atoms with E-state index in [1.807, 2.05) is 0 Å². The van der Waals surface area contributed by atoms with E-state index < -0.39 is 7.26 Å². The summed E-state index contributed by atoms with van der Waals surface area (Å²) in [5.41, 5.74) is 0. The minimum atomic E-state index is -1.91. The van der Waals surface area contributed by atoms with Gasteiger partial charge in [0.2, 0.25) is 0 Å². The second kappa shape index (κ2) is 18.6. The molecule has 0 amide bonds. The van der Waals surface area contributed by atoms with E-state index in [9.17, 15) is 0 Å². The van der Waals surface area contributed by atoms with Gasteiger partial charge in [0.15, 0.2) is 0 Å². The van der Waals surface area contributed by atoms with Gasteiger partial charge in [-0.15, -0.1) is 0 Å². The molecule has 0 aliphatic rings. The summed E-state index contributed by atoms with van der Waals surface area (Å²) in [6, 6.07) is 43.8. The fraction of sp³-hybridized carbons (Fsp3) is 0.143. The fourth-order valence-electron chi connectivity index (χ4n) is 3.50. The monoisotopic (exact) mass is 708 g/mol. The second-order valence-electron chi connectivity index (χ2n) is 7.57. The average Bonchev–Trinajstić information content (AvgIpc) is 2.83. The predicted molar refractivity (Wildman–Crippen MR) is 160 cm³/mol. The SMILES string of the molecule is CC(C)C[S-].[S-2].[S-2].[S-2].[W].c1ccc([P+](c2ccccc2)(c2ccccc2)c2ccccc2)cc1. The molecule has 0 saturated heterocycles. The van der Waals surface area contributed by atoms with Crippen LogP contribution in [0.2, 0.25) is 0 Å². The van der Waals surface area contributed by atoms with E-state index in [0.717, 1.165) is 5.75 Å². The van der Waals surface area contributed by atoms with E-state index in [-0.39, 0.29) is 61.6 Å². The van der Waals surface area contributed by atoms with E-state index in [2.05, 4.69) is 148 Å². The topological polar surface area (TPSA) is 0 Å². The first kappa shape index (κ1) is 35.6. The van der Waals surface area contributed by atoms with Crippen LogP contribution in [0.3, 0.4) is 0 Å². The molecule has 4 aromatic rings. The number of benzene rings is 4. The van der Waals surface area contributed by atoms with Gasteiger partial charge in [0.25, 0.3) is 0 Å². The van der Waals surface area contributed by atoms with Gasteiger partial charge in [-0.2, -0.15) is 5.75 Å². The average molecular weight is 709 g/mol. The van der Waals surface area contributed by atoms with E-state index >= 15 is 0 Å². The summed E-state index contributed by atoms with van der Waals surface area (Å²) in [7, 11) is -1.91. The normalized spacial score (nSPS) is 9.65. The summed E-state index contributed by atoms with van der Waals surface area (Å²) in [5.74, 6) is 1.59. The van der Waals surface area contributed by atoms with Gasteiger partial charge in [-0.25, -0.2) is 0 Å². The van der Waals surface area contributed by atoms with E-state index in [1.165, 1.54) is 21.2 Å². The zero-order chi connectivity index (χ0) is 21.2. The van der Waals surface area contributed by atoms with E-state index in [1.54, 1.807) is 0 Å². The third-order valence-electron chi connectivity index (χ3n) is 4.91. The van der Waals surface area contributed by atoms with Gasteiger partial charge < -0.3 is 53.1 Å². The Hall–Kier alpha value is -0.602. The third kappa shape index (κ3) is 8.81. The molecule has 0 unspecified atom stereocenters. The standard InChI is InChI=1S/C24H20P.C4H10S.3S.W/c1-5-13-21(14-6-1)25(22-15-7-2-8-16-22,23-17-9-3-10-18-23)24-19-11-4-12-20-24;1-4(2)3-5;;;;/h1-20H;4-5H,3H2,1-2H3;;;;/q+1;;3*-2;/p-1. The first-order valence-corrected chi connectivity index (χ1v) is 12.8. The first-order valence-electron chi connectivity index (χ1n) is 10.4. The van der Waals surface area contributed by atoms with Crippen LogP contribution in [0.1, 0.15) is 13.8 Å². The van der Waals surface area contributed by atoms with Crippen LogP contribution in [0.15, 0.2) is 121 Å². The Bertz CT molecular complexity index is 838. The van der Waals surface area contributed by atoms with Crippen LogP contribution in [0.4, 0.5) is 0 Å². The third-order valence-corrected chi connectivity index (χ3v) is 9.86. The Kier molecular flexibility index (Phi) is 19.5. The molecule has 6 heteroatoms. The van der Waals surface area contributed by atoms with Gasteiger partial charge in [-0.3, -0.25) is 0 Å². The number of hydrogen-bond acceptors (Lipinski definition) is 1. The predicted octanol–water partition coefficient (Wildman–Crippen LogP) is 5.49. The van der Waals surface area contributed by atoms with Crippen molar-refractivity contribution in [1.82, 2.24) is 0 Å². The molecule has 0 saturated carbocycles. The molecule has 4 rings (SSSR count). The maximum absolute atomic E-state index is 4.68. The first-order chi connectivity index (χ1) is 14.7. The van der Waals surface area contributed by atoms with Crippen molar-refractivity contribution in [2.75, 3.05) is 5.75 Å². The van der Waals surface area contributed by atoms with Crippen LogP contribution < -0.4 is 21.2 Å². The summed E-state index contributed by atoms with van der Waals surface area (Å²) in [6.45, 7) is 4.24. The summed E-state index contributed by atoms with van der Waals surface area (Å²) in [6.07, 6.45) is 0. The van der Waals surface area contributed by atoms with Crippen molar-refractivity contribution in [1.29, 1.82) is 0 Å². The van der Waals surface area contributed by atoms with Crippen molar-refractivity contribution in [2.45, 2.75) is 13.8 Å². The molecule has 0 aliphatic carbocycles. The smallest absolute Gasteiger partial charge is 0.144 e. The van der Waals surface area contributed by atoms with E-state index in [4.69, 9.17) is 0 Å². The number of rotatable bonds is 5. The van der Waals surface area contributed by atoms with Crippen molar-refractivity contribution in [3.8, 4) is 0 Å². The van der Waals surface area contributed by atoms with Gasteiger partial charge in [0.05, 0.1) is 0 Å². The molecule has 182 valence electrons. The van der Waals surface area contributed by atoms with Crippen LogP contribution in [-0.4, -0.2) is 5.75 Å².